The van der Waals surface area contributed by atoms with Crippen molar-refractivity contribution in [3.05, 3.63) is 18.0 Å². The summed E-state index contributed by atoms with van der Waals surface area (Å²) in [6.07, 6.45) is 2.83. The van der Waals surface area contributed by atoms with Gasteiger partial charge in [-0.3, -0.25) is 0 Å². The molecule has 1 aliphatic rings. The van der Waals surface area contributed by atoms with E-state index in [1.807, 2.05) is 19.2 Å². The van der Waals surface area contributed by atoms with Crippen molar-refractivity contribution in [1.82, 2.24) is 9.97 Å². The molecule has 0 amide bonds. The number of rotatable bonds is 2. The lowest BCUT2D eigenvalue weighted by atomic mass is 10.0. The highest BCUT2D eigenvalue weighted by Crippen LogP contribution is 2.23. The molecule has 0 bridgehead atoms. The Hall–Kier alpha value is -1.16. The fourth-order valence-corrected chi connectivity index (χ4v) is 1.90. The molecule has 1 saturated heterocycles. The van der Waals surface area contributed by atoms with Crippen molar-refractivity contribution in [2.45, 2.75) is 32.8 Å². The molecule has 2 heterocycles. The fraction of sp³-hybridized carbons (Fsp3) is 0.667. The molecular weight excluding hydrogens is 202 g/mol. The van der Waals surface area contributed by atoms with Gasteiger partial charge in [-0.05, 0) is 26.3 Å². The van der Waals surface area contributed by atoms with Crippen LogP contribution in [-0.4, -0.2) is 35.3 Å². The first-order valence-corrected chi connectivity index (χ1v) is 5.81. The summed E-state index contributed by atoms with van der Waals surface area (Å²) < 4.78 is 5.80. The van der Waals surface area contributed by atoms with Gasteiger partial charge in [0.25, 0.3) is 0 Å². The molecule has 1 aliphatic heterocycles. The number of nitrogens with zero attached hydrogens (tertiary/aromatic N) is 3. The Kier molecular flexibility index (Phi) is 3.10. The Morgan fingerprint density at radius 2 is 2.38 bits per heavy atom. The van der Waals surface area contributed by atoms with Gasteiger partial charge in [0.05, 0.1) is 12.2 Å². The summed E-state index contributed by atoms with van der Waals surface area (Å²) in [6.45, 7) is 8.79. The molecule has 1 fully saturated rings. The van der Waals surface area contributed by atoms with Crippen LogP contribution in [0.4, 0.5) is 5.95 Å². The van der Waals surface area contributed by atoms with Gasteiger partial charge in [-0.2, -0.15) is 0 Å². The molecule has 0 saturated carbocycles. The molecule has 88 valence electrons. The van der Waals surface area contributed by atoms with Crippen molar-refractivity contribution in [3.63, 3.8) is 0 Å². The first-order chi connectivity index (χ1) is 7.63. The van der Waals surface area contributed by atoms with Gasteiger partial charge in [0.1, 0.15) is 0 Å². The van der Waals surface area contributed by atoms with Crippen molar-refractivity contribution in [3.8, 4) is 0 Å². The SMILES string of the molecule is CCC1(C)CN(c2nccc(C)n2)CCO1. The van der Waals surface area contributed by atoms with E-state index < -0.39 is 0 Å². The Morgan fingerprint density at radius 1 is 1.56 bits per heavy atom. The molecule has 16 heavy (non-hydrogen) atoms. The van der Waals surface area contributed by atoms with Gasteiger partial charge < -0.3 is 9.64 Å². The lowest BCUT2D eigenvalue weighted by molar-refractivity contribution is -0.0445. The first kappa shape index (κ1) is 11.3. The van der Waals surface area contributed by atoms with Crippen molar-refractivity contribution >= 4 is 5.95 Å². The van der Waals surface area contributed by atoms with Gasteiger partial charge in [0, 0.05) is 25.0 Å². The Labute approximate surface area is 96.7 Å². The minimum atomic E-state index is -0.0641. The lowest BCUT2D eigenvalue weighted by Gasteiger charge is -2.40. The molecule has 4 nitrogen and oxygen atoms in total. The summed E-state index contributed by atoms with van der Waals surface area (Å²) in [5, 5.41) is 0. The second-order valence-corrected chi connectivity index (χ2v) is 4.57. The molecule has 1 atom stereocenters. The predicted octanol–water partition coefficient (Wildman–Crippen LogP) is 1.79. The van der Waals surface area contributed by atoms with Gasteiger partial charge in [0.2, 0.25) is 5.95 Å². The zero-order chi connectivity index (χ0) is 11.6. The van der Waals surface area contributed by atoms with Crippen molar-refractivity contribution in [1.29, 1.82) is 0 Å². The van der Waals surface area contributed by atoms with E-state index in [1.165, 1.54) is 0 Å². The van der Waals surface area contributed by atoms with Crippen LogP contribution in [0.5, 0.6) is 0 Å². The molecule has 0 aliphatic carbocycles. The van der Waals surface area contributed by atoms with E-state index >= 15 is 0 Å². The molecule has 2 rings (SSSR count). The van der Waals surface area contributed by atoms with Crippen LogP contribution in [-0.2, 0) is 4.74 Å². The van der Waals surface area contributed by atoms with Crippen molar-refractivity contribution < 1.29 is 4.74 Å². The van der Waals surface area contributed by atoms with Gasteiger partial charge in [-0.25, -0.2) is 9.97 Å². The molecule has 4 heteroatoms. The number of anilines is 1. The molecule has 0 spiro atoms. The Bertz CT molecular complexity index is 369. The highest BCUT2D eigenvalue weighted by Gasteiger charge is 2.31. The van der Waals surface area contributed by atoms with Gasteiger partial charge in [0.15, 0.2) is 0 Å². The monoisotopic (exact) mass is 221 g/mol. The third kappa shape index (κ3) is 2.32. The van der Waals surface area contributed by atoms with Crippen LogP contribution in [0, 0.1) is 6.92 Å². The second kappa shape index (κ2) is 4.37. The van der Waals surface area contributed by atoms with Gasteiger partial charge >= 0.3 is 0 Å². The largest absolute Gasteiger partial charge is 0.372 e. The van der Waals surface area contributed by atoms with Crippen LogP contribution >= 0.6 is 0 Å². The van der Waals surface area contributed by atoms with Gasteiger partial charge in [-0.1, -0.05) is 6.92 Å². The maximum atomic E-state index is 5.80. The molecule has 1 aromatic heterocycles. The van der Waals surface area contributed by atoms with E-state index in [2.05, 4.69) is 28.7 Å². The highest BCUT2D eigenvalue weighted by molar-refractivity contribution is 5.31. The topological polar surface area (TPSA) is 38.2 Å². The fourth-order valence-electron chi connectivity index (χ4n) is 1.90. The minimum Gasteiger partial charge on any atom is -0.372 e. The Balaban J connectivity index is 2.16. The molecule has 0 radical (unpaired) electrons. The molecule has 1 aromatic rings. The van der Waals surface area contributed by atoms with E-state index in [4.69, 9.17) is 4.74 Å². The standard InChI is InChI=1S/C12H19N3O/c1-4-12(3)9-15(7-8-16-12)11-13-6-5-10(2)14-11/h5-6H,4,7-9H2,1-3H3. The number of morpholine rings is 1. The van der Waals surface area contributed by atoms with Crippen LogP contribution in [0.15, 0.2) is 12.3 Å². The number of hydrogen-bond donors (Lipinski definition) is 0. The molecule has 1 unspecified atom stereocenters. The van der Waals surface area contributed by atoms with Crippen LogP contribution in [0.1, 0.15) is 26.0 Å². The van der Waals surface area contributed by atoms with Crippen LogP contribution in [0.2, 0.25) is 0 Å². The number of ether oxygens (including phenoxy) is 1. The first-order valence-electron chi connectivity index (χ1n) is 5.81. The maximum absolute atomic E-state index is 5.80. The van der Waals surface area contributed by atoms with Gasteiger partial charge in [-0.15, -0.1) is 0 Å². The summed E-state index contributed by atoms with van der Waals surface area (Å²) in [5.41, 5.74) is 0.945. The van der Waals surface area contributed by atoms with Crippen LogP contribution < -0.4 is 4.90 Å². The highest BCUT2D eigenvalue weighted by atomic mass is 16.5. The summed E-state index contributed by atoms with van der Waals surface area (Å²) in [4.78, 5) is 11.0. The second-order valence-electron chi connectivity index (χ2n) is 4.57. The van der Waals surface area contributed by atoms with E-state index in [0.717, 1.165) is 37.8 Å². The molecule has 0 aromatic carbocycles. The zero-order valence-electron chi connectivity index (χ0n) is 10.2. The molecular formula is C12H19N3O. The van der Waals surface area contributed by atoms with E-state index in [-0.39, 0.29) is 5.60 Å². The summed E-state index contributed by atoms with van der Waals surface area (Å²) in [7, 11) is 0. The third-order valence-corrected chi connectivity index (χ3v) is 3.15. The quantitative estimate of drug-likeness (QED) is 0.763. The summed E-state index contributed by atoms with van der Waals surface area (Å²) in [5.74, 6) is 0.822. The van der Waals surface area contributed by atoms with Crippen molar-refractivity contribution in [2.75, 3.05) is 24.6 Å². The summed E-state index contributed by atoms with van der Waals surface area (Å²) in [6, 6.07) is 1.92. The average Bonchev–Trinajstić information content (AvgIpc) is 2.29. The third-order valence-electron chi connectivity index (χ3n) is 3.15. The van der Waals surface area contributed by atoms with E-state index in [0.29, 0.717) is 0 Å². The number of hydrogen-bond acceptors (Lipinski definition) is 4. The predicted molar refractivity (Wildman–Crippen MR) is 63.6 cm³/mol. The lowest BCUT2D eigenvalue weighted by Crippen LogP contribution is -2.50. The zero-order valence-corrected chi connectivity index (χ0v) is 10.2. The van der Waals surface area contributed by atoms with Crippen LogP contribution in [0.3, 0.4) is 0 Å². The average molecular weight is 221 g/mol. The Morgan fingerprint density at radius 3 is 3.06 bits per heavy atom. The molecule has 0 N–H and O–H groups in total. The van der Waals surface area contributed by atoms with E-state index in [9.17, 15) is 0 Å². The number of aromatic nitrogens is 2. The van der Waals surface area contributed by atoms with Crippen LogP contribution in [0.25, 0.3) is 0 Å². The summed E-state index contributed by atoms with van der Waals surface area (Å²) >= 11 is 0. The maximum Gasteiger partial charge on any atom is 0.225 e. The van der Waals surface area contributed by atoms with Crippen molar-refractivity contribution in [2.24, 2.45) is 0 Å². The minimum absolute atomic E-state index is 0.0641. The smallest absolute Gasteiger partial charge is 0.225 e. The number of aryl methyl sites for hydroxylation is 1. The normalized spacial score (nSPS) is 25.8. The van der Waals surface area contributed by atoms with E-state index in [1.54, 1.807) is 0 Å².